The summed E-state index contributed by atoms with van der Waals surface area (Å²) in [6.45, 7) is 3.39. The number of hydrogen-bond acceptors (Lipinski definition) is 4. The van der Waals surface area contributed by atoms with E-state index in [9.17, 15) is 4.79 Å². The second-order valence-corrected chi connectivity index (χ2v) is 5.80. The van der Waals surface area contributed by atoms with Gasteiger partial charge in [-0.1, -0.05) is 17.7 Å². The Morgan fingerprint density at radius 3 is 2.83 bits per heavy atom. The van der Waals surface area contributed by atoms with Crippen LogP contribution in [-0.2, 0) is 4.74 Å². The zero-order chi connectivity index (χ0) is 16.1. The molecule has 2 heterocycles. The quantitative estimate of drug-likeness (QED) is 0.891. The van der Waals surface area contributed by atoms with Gasteiger partial charge in [0.25, 0.3) is 5.91 Å². The summed E-state index contributed by atoms with van der Waals surface area (Å²) in [6.07, 6.45) is 5.49. The van der Waals surface area contributed by atoms with Crippen LogP contribution in [0.5, 0.6) is 0 Å². The third-order valence-corrected chi connectivity index (χ3v) is 3.85. The number of amides is 1. The number of pyridine rings is 1. The molecule has 1 unspecified atom stereocenters. The monoisotopic (exact) mass is 311 g/mol. The molecule has 1 atom stereocenters. The Morgan fingerprint density at radius 1 is 1.26 bits per heavy atom. The summed E-state index contributed by atoms with van der Waals surface area (Å²) in [4.78, 5) is 16.4. The number of hydrogen-bond donors (Lipinski definition) is 2. The highest BCUT2D eigenvalue weighted by molar-refractivity contribution is 5.94. The first-order valence-electron chi connectivity index (χ1n) is 7.89. The molecule has 0 radical (unpaired) electrons. The first-order valence-corrected chi connectivity index (χ1v) is 7.89. The number of anilines is 2. The number of ether oxygens (including phenoxy) is 1. The van der Waals surface area contributed by atoms with Crippen molar-refractivity contribution in [3.63, 3.8) is 0 Å². The third-order valence-electron chi connectivity index (χ3n) is 3.85. The predicted octanol–water partition coefficient (Wildman–Crippen LogP) is 3.04. The van der Waals surface area contributed by atoms with Crippen LogP contribution in [0.25, 0.3) is 0 Å². The van der Waals surface area contributed by atoms with Crippen LogP contribution in [0.4, 0.5) is 11.4 Å². The molecule has 120 valence electrons. The lowest BCUT2D eigenvalue weighted by Gasteiger charge is -2.11. The summed E-state index contributed by atoms with van der Waals surface area (Å²) in [5.41, 5.74) is 3.50. The SMILES string of the molecule is Cc1ccc(Nc2cncc(C(=O)NCC3CCCO3)c2)cc1. The largest absolute Gasteiger partial charge is 0.376 e. The van der Waals surface area contributed by atoms with E-state index in [4.69, 9.17) is 4.74 Å². The Morgan fingerprint density at radius 2 is 2.09 bits per heavy atom. The van der Waals surface area contributed by atoms with E-state index in [-0.39, 0.29) is 12.0 Å². The standard InChI is InChI=1S/C18H21N3O2/c1-13-4-6-15(7-5-13)21-16-9-14(10-19-11-16)18(22)20-12-17-3-2-8-23-17/h4-7,9-11,17,21H,2-3,8,12H2,1H3,(H,20,22). The second-order valence-electron chi connectivity index (χ2n) is 5.80. The lowest BCUT2D eigenvalue weighted by Crippen LogP contribution is -2.31. The van der Waals surface area contributed by atoms with Gasteiger partial charge in [-0.25, -0.2) is 0 Å². The van der Waals surface area contributed by atoms with Crippen LogP contribution in [-0.4, -0.2) is 30.1 Å². The zero-order valence-corrected chi connectivity index (χ0v) is 13.2. The normalized spacial score (nSPS) is 17.0. The summed E-state index contributed by atoms with van der Waals surface area (Å²) in [7, 11) is 0. The molecule has 1 aromatic carbocycles. The van der Waals surface area contributed by atoms with Gasteiger partial charge < -0.3 is 15.4 Å². The van der Waals surface area contributed by atoms with Crippen molar-refractivity contribution in [2.75, 3.05) is 18.5 Å². The number of nitrogens with zero attached hydrogens (tertiary/aromatic N) is 1. The van der Waals surface area contributed by atoms with Crippen LogP contribution >= 0.6 is 0 Å². The Balaban J connectivity index is 1.61. The molecule has 0 bridgehead atoms. The van der Waals surface area contributed by atoms with Gasteiger partial charge >= 0.3 is 0 Å². The summed E-state index contributed by atoms with van der Waals surface area (Å²) in [5, 5.41) is 6.16. The Hall–Kier alpha value is -2.40. The van der Waals surface area contributed by atoms with Crippen LogP contribution in [0.3, 0.4) is 0 Å². The maximum Gasteiger partial charge on any atom is 0.253 e. The fourth-order valence-corrected chi connectivity index (χ4v) is 2.55. The van der Waals surface area contributed by atoms with E-state index in [1.165, 1.54) is 5.56 Å². The van der Waals surface area contributed by atoms with E-state index < -0.39 is 0 Å². The highest BCUT2D eigenvalue weighted by Crippen LogP contribution is 2.17. The smallest absolute Gasteiger partial charge is 0.253 e. The summed E-state index contributed by atoms with van der Waals surface area (Å²) < 4.78 is 5.51. The molecular weight excluding hydrogens is 290 g/mol. The minimum atomic E-state index is -0.124. The van der Waals surface area contributed by atoms with Gasteiger partial charge in [0.15, 0.2) is 0 Å². The lowest BCUT2D eigenvalue weighted by atomic mass is 10.2. The molecule has 2 N–H and O–H groups in total. The van der Waals surface area contributed by atoms with Gasteiger partial charge in [0.05, 0.1) is 23.6 Å². The molecule has 0 spiro atoms. The molecule has 0 aliphatic carbocycles. The van der Waals surface area contributed by atoms with Crippen molar-refractivity contribution in [2.45, 2.75) is 25.9 Å². The Kier molecular flexibility index (Phi) is 4.88. The second kappa shape index (κ2) is 7.24. The predicted molar refractivity (Wildman–Crippen MR) is 90.0 cm³/mol. The van der Waals surface area contributed by atoms with Crippen LogP contribution in [0.2, 0.25) is 0 Å². The van der Waals surface area contributed by atoms with Gasteiger partial charge in [-0.05, 0) is 38.0 Å². The zero-order valence-electron chi connectivity index (χ0n) is 13.2. The summed E-state index contributed by atoms with van der Waals surface area (Å²) in [5.74, 6) is -0.124. The molecule has 23 heavy (non-hydrogen) atoms. The number of carbonyl (C=O) groups is 1. The first kappa shape index (κ1) is 15.5. The molecule has 1 aliphatic rings. The fraction of sp³-hybridized carbons (Fsp3) is 0.333. The van der Waals surface area contributed by atoms with Crippen molar-refractivity contribution >= 4 is 17.3 Å². The van der Waals surface area contributed by atoms with Crippen molar-refractivity contribution in [1.29, 1.82) is 0 Å². The highest BCUT2D eigenvalue weighted by Gasteiger charge is 2.16. The number of carbonyl (C=O) groups excluding carboxylic acids is 1. The van der Waals surface area contributed by atoms with E-state index in [0.717, 1.165) is 30.8 Å². The van der Waals surface area contributed by atoms with Gasteiger partial charge in [0, 0.05) is 25.0 Å². The number of aryl methyl sites for hydroxylation is 1. The molecule has 1 fully saturated rings. The van der Waals surface area contributed by atoms with Gasteiger partial charge in [0.2, 0.25) is 0 Å². The number of rotatable bonds is 5. The lowest BCUT2D eigenvalue weighted by molar-refractivity contribution is 0.0857. The molecular formula is C18H21N3O2. The summed E-state index contributed by atoms with van der Waals surface area (Å²) >= 11 is 0. The van der Waals surface area contributed by atoms with Crippen LogP contribution in [0.1, 0.15) is 28.8 Å². The number of benzene rings is 1. The van der Waals surface area contributed by atoms with Crippen molar-refractivity contribution in [2.24, 2.45) is 0 Å². The van der Waals surface area contributed by atoms with Crippen molar-refractivity contribution in [1.82, 2.24) is 10.3 Å². The van der Waals surface area contributed by atoms with Crippen molar-refractivity contribution in [3.05, 3.63) is 53.9 Å². The minimum Gasteiger partial charge on any atom is -0.376 e. The van der Waals surface area contributed by atoms with E-state index >= 15 is 0 Å². The molecule has 1 aromatic heterocycles. The van der Waals surface area contributed by atoms with Crippen molar-refractivity contribution < 1.29 is 9.53 Å². The highest BCUT2D eigenvalue weighted by atomic mass is 16.5. The maximum absolute atomic E-state index is 12.2. The Labute approximate surface area is 136 Å². The topological polar surface area (TPSA) is 63.2 Å². The molecule has 1 saturated heterocycles. The van der Waals surface area contributed by atoms with E-state index in [1.807, 2.05) is 31.2 Å². The van der Waals surface area contributed by atoms with E-state index in [2.05, 4.69) is 15.6 Å². The third kappa shape index (κ3) is 4.29. The minimum absolute atomic E-state index is 0.124. The Bertz CT molecular complexity index is 664. The van der Waals surface area contributed by atoms with E-state index in [1.54, 1.807) is 18.5 Å². The molecule has 1 aliphatic heterocycles. The molecule has 2 aromatic rings. The fourth-order valence-electron chi connectivity index (χ4n) is 2.55. The van der Waals surface area contributed by atoms with Gasteiger partial charge in [-0.15, -0.1) is 0 Å². The molecule has 3 rings (SSSR count). The molecule has 5 nitrogen and oxygen atoms in total. The van der Waals surface area contributed by atoms with Crippen LogP contribution in [0.15, 0.2) is 42.7 Å². The van der Waals surface area contributed by atoms with Gasteiger partial charge in [-0.2, -0.15) is 0 Å². The number of aromatic nitrogens is 1. The molecule has 5 heteroatoms. The summed E-state index contributed by atoms with van der Waals surface area (Å²) in [6, 6.07) is 9.87. The van der Waals surface area contributed by atoms with Crippen LogP contribution in [0, 0.1) is 6.92 Å². The van der Waals surface area contributed by atoms with Gasteiger partial charge in [-0.3, -0.25) is 9.78 Å². The maximum atomic E-state index is 12.2. The average molecular weight is 311 g/mol. The molecule has 0 saturated carbocycles. The average Bonchev–Trinajstić information content (AvgIpc) is 3.08. The van der Waals surface area contributed by atoms with Crippen molar-refractivity contribution in [3.8, 4) is 0 Å². The van der Waals surface area contributed by atoms with E-state index in [0.29, 0.717) is 12.1 Å². The first-order chi connectivity index (χ1) is 11.2. The van der Waals surface area contributed by atoms with Gasteiger partial charge in [0.1, 0.15) is 0 Å². The van der Waals surface area contributed by atoms with Crippen LogP contribution < -0.4 is 10.6 Å². The molecule has 1 amide bonds. The number of nitrogens with one attached hydrogen (secondary N) is 2.